The normalized spacial score (nSPS) is 29.0. The van der Waals surface area contributed by atoms with Crippen molar-refractivity contribution >= 4 is 0 Å². The van der Waals surface area contributed by atoms with E-state index in [-0.39, 0.29) is 0 Å². The van der Waals surface area contributed by atoms with Crippen LogP contribution >= 0.6 is 0 Å². The molecule has 23 heavy (non-hydrogen) atoms. The van der Waals surface area contributed by atoms with E-state index in [4.69, 9.17) is 0 Å². The molecule has 0 unspecified atom stereocenters. The zero-order valence-corrected chi connectivity index (χ0v) is 14.1. The van der Waals surface area contributed by atoms with Crippen molar-refractivity contribution in [1.82, 2.24) is 4.90 Å². The number of nitrogens with zero attached hydrogens (tertiary/aromatic N) is 1. The summed E-state index contributed by atoms with van der Waals surface area (Å²) in [5.41, 5.74) is 4.46. The second kappa shape index (κ2) is 6.39. The Labute approximate surface area is 140 Å². The van der Waals surface area contributed by atoms with Crippen LogP contribution in [0.5, 0.6) is 0 Å². The van der Waals surface area contributed by atoms with Crippen LogP contribution in [0.1, 0.15) is 30.4 Å². The van der Waals surface area contributed by atoms with E-state index >= 15 is 0 Å². The van der Waals surface area contributed by atoms with Crippen molar-refractivity contribution in [3.8, 4) is 0 Å². The molecule has 1 nitrogen and oxygen atoms in total. The lowest BCUT2D eigenvalue weighted by atomic mass is 9.69. The fourth-order valence-corrected chi connectivity index (χ4v) is 4.54. The summed E-state index contributed by atoms with van der Waals surface area (Å²) in [5, 5.41) is 0. The van der Waals surface area contributed by atoms with Gasteiger partial charge in [-0.15, -0.1) is 0 Å². The van der Waals surface area contributed by atoms with E-state index < -0.39 is 0 Å². The number of allylic oxidation sites excluding steroid dienone is 6. The monoisotopic (exact) mass is 305 g/mol. The Balaban J connectivity index is 1.47. The molecule has 0 amide bonds. The van der Waals surface area contributed by atoms with Crippen LogP contribution in [0.15, 0.2) is 60.3 Å². The summed E-state index contributed by atoms with van der Waals surface area (Å²) in [6, 6.07) is 9.05. The van der Waals surface area contributed by atoms with Crippen molar-refractivity contribution < 1.29 is 0 Å². The molecule has 2 aliphatic carbocycles. The molecule has 1 aromatic rings. The van der Waals surface area contributed by atoms with Gasteiger partial charge in [0.05, 0.1) is 0 Å². The molecular weight excluding hydrogens is 278 g/mol. The first-order valence-electron chi connectivity index (χ1n) is 9.17. The van der Waals surface area contributed by atoms with Crippen LogP contribution in [-0.4, -0.2) is 18.0 Å². The first-order chi connectivity index (χ1) is 11.3. The van der Waals surface area contributed by atoms with Gasteiger partial charge in [0.15, 0.2) is 0 Å². The molecule has 4 rings (SSSR count). The van der Waals surface area contributed by atoms with Crippen molar-refractivity contribution in [2.75, 3.05) is 13.1 Å². The minimum atomic E-state index is 0.738. The Bertz CT molecular complexity index is 634. The Morgan fingerprint density at radius 1 is 1.09 bits per heavy atom. The number of likely N-dealkylation sites (tertiary alicyclic amines) is 1. The molecule has 0 bridgehead atoms. The average Bonchev–Trinajstić information content (AvgIpc) is 2.61. The highest BCUT2D eigenvalue weighted by Crippen LogP contribution is 2.44. The number of benzene rings is 1. The molecule has 3 atom stereocenters. The SMILES string of the molecule is Cc1ccc(CCN2CCC[C@@H]3C2=CC[C@@H]2C=CC=C[C@@H]32)cc1. The fraction of sp³-hybridized carbons (Fsp3) is 0.455. The molecule has 0 radical (unpaired) electrons. The minimum absolute atomic E-state index is 0.738. The van der Waals surface area contributed by atoms with Crippen molar-refractivity contribution in [3.05, 3.63) is 71.5 Å². The van der Waals surface area contributed by atoms with Crippen molar-refractivity contribution in [2.45, 2.75) is 32.6 Å². The zero-order valence-electron chi connectivity index (χ0n) is 14.1. The number of piperidine rings is 1. The molecule has 0 N–H and O–H groups in total. The molecule has 1 fully saturated rings. The highest BCUT2D eigenvalue weighted by molar-refractivity contribution is 5.26. The van der Waals surface area contributed by atoms with E-state index in [1.807, 2.05) is 0 Å². The Morgan fingerprint density at radius 3 is 2.78 bits per heavy atom. The van der Waals surface area contributed by atoms with Gasteiger partial charge >= 0.3 is 0 Å². The van der Waals surface area contributed by atoms with Gasteiger partial charge in [-0.25, -0.2) is 0 Å². The fourth-order valence-electron chi connectivity index (χ4n) is 4.54. The van der Waals surface area contributed by atoms with Gasteiger partial charge in [0.25, 0.3) is 0 Å². The molecule has 120 valence electrons. The van der Waals surface area contributed by atoms with Gasteiger partial charge in [0.1, 0.15) is 0 Å². The predicted octanol–water partition coefficient (Wildman–Crippen LogP) is 4.90. The van der Waals surface area contributed by atoms with E-state index in [0.717, 1.165) is 24.2 Å². The maximum absolute atomic E-state index is 2.68. The molecule has 1 saturated heterocycles. The zero-order chi connectivity index (χ0) is 15.6. The van der Waals surface area contributed by atoms with E-state index in [0.29, 0.717) is 0 Å². The first kappa shape index (κ1) is 14.8. The molecule has 0 aromatic heterocycles. The van der Waals surface area contributed by atoms with E-state index in [1.54, 1.807) is 5.70 Å². The molecule has 1 heteroatoms. The summed E-state index contributed by atoms with van der Waals surface area (Å²) in [4.78, 5) is 2.68. The summed E-state index contributed by atoms with van der Waals surface area (Å²) in [7, 11) is 0. The Kier molecular flexibility index (Phi) is 4.11. The Morgan fingerprint density at radius 2 is 1.91 bits per heavy atom. The van der Waals surface area contributed by atoms with E-state index in [1.165, 1.54) is 43.5 Å². The third kappa shape index (κ3) is 3.02. The van der Waals surface area contributed by atoms with Crippen LogP contribution in [0.3, 0.4) is 0 Å². The largest absolute Gasteiger partial charge is 0.375 e. The van der Waals surface area contributed by atoms with Crippen molar-refractivity contribution in [2.24, 2.45) is 17.8 Å². The molecular formula is C22H27N. The molecule has 0 saturated carbocycles. The van der Waals surface area contributed by atoms with Crippen molar-refractivity contribution in [3.63, 3.8) is 0 Å². The first-order valence-corrected chi connectivity index (χ1v) is 9.17. The van der Waals surface area contributed by atoms with Gasteiger partial charge in [-0.2, -0.15) is 0 Å². The van der Waals surface area contributed by atoms with Crippen LogP contribution in [0.4, 0.5) is 0 Å². The number of fused-ring (bicyclic) bond motifs is 3. The minimum Gasteiger partial charge on any atom is -0.375 e. The third-order valence-corrected chi connectivity index (χ3v) is 5.84. The summed E-state index contributed by atoms with van der Waals surface area (Å²) in [6.07, 6.45) is 17.0. The maximum Gasteiger partial charge on any atom is 0.0215 e. The van der Waals surface area contributed by atoms with Gasteiger partial charge < -0.3 is 4.90 Å². The molecule has 1 heterocycles. The quantitative estimate of drug-likeness (QED) is 0.768. The maximum atomic E-state index is 2.68. The van der Waals surface area contributed by atoms with Crippen molar-refractivity contribution in [1.29, 1.82) is 0 Å². The van der Waals surface area contributed by atoms with Gasteiger partial charge in [-0.1, -0.05) is 60.2 Å². The third-order valence-electron chi connectivity index (χ3n) is 5.84. The topological polar surface area (TPSA) is 3.24 Å². The smallest absolute Gasteiger partial charge is 0.0215 e. The van der Waals surface area contributed by atoms with Crippen LogP contribution in [0.2, 0.25) is 0 Å². The van der Waals surface area contributed by atoms with Crippen LogP contribution in [0, 0.1) is 24.7 Å². The lowest BCUT2D eigenvalue weighted by molar-refractivity contribution is 0.180. The van der Waals surface area contributed by atoms with Gasteiger partial charge in [-0.3, -0.25) is 0 Å². The highest BCUT2D eigenvalue weighted by Gasteiger charge is 2.36. The second-order valence-electron chi connectivity index (χ2n) is 7.35. The summed E-state index contributed by atoms with van der Waals surface area (Å²) < 4.78 is 0. The number of hydrogen-bond donors (Lipinski definition) is 0. The second-order valence-corrected chi connectivity index (χ2v) is 7.35. The Hall–Kier alpha value is -1.76. The van der Waals surface area contributed by atoms with Gasteiger partial charge in [0, 0.05) is 24.7 Å². The predicted molar refractivity (Wildman–Crippen MR) is 97.1 cm³/mol. The number of rotatable bonds is 3. The summed E-state index contributed by atoms with van der Waals surface area (Å²) >= 11 is 0. The number of aryl methyl sites for hydroxylation is 1. The lowest BCUT2D eigenvalue weighted by Gasteiger charge is -2.45. The van der Waals surface area contributed by atoms with Crippen LogP contribution in [0.25, 0.3) is 0 Å². The summed E-state index contributed by atoms with van der Waals surface area (Å²) in [5.74, 6) is 2.23. The molecule has 0 spiro atoms. The van der Waals surface area contributed by atoms with Gasteiger partial charge in [0.2, 0.25) is 0 Å². The molecule has 3 aliphatic rings. The molecule has 1 aromatic carbocycles. The van der Waals surface area contributed by atoms with Crippen LogP contribution < -0.4 is 0 Å². The van der Waals surface area contributed by atoms with Crippen LogP contribution in [-0.2, 0) is 6.42 Å². The lowest BCUT2D eigenvalue weighted by Crippen LogP contribution is -2.41. The van der Waals surface area contributed by atoms with E-state index in [9.17, 15) is 0 Å². The standard InChI is InChI=1S/C22H27N/c1-17-8-10-18(11-9-17)14-16-23-15-4-7-21-20-6-3-2-5-19(20)12-13-22(21)23/h2-3,5-6,8-11,13,19-21H,4,7,12,14-16H2,1H3/t19-,20+,21-/m0/s1. The van der Waals surface area contributed by atoms with Gasteiger partial charge in [-0.05, 0) is 50.0 Å². The average molecular weight is 305 g/mol. The number of hydrogen-bond acceptors (Lipinski definition) is 1. The van der Waals surface area contributed by atoms with E-state index in [2.05, 4.69) is 66.5 Å². The highest BCUT2D eigenvalue weighted by atomic mass is 15.1. The molecule has 1 aliphatic heterocycles. The summed E-state index contributed by atoms with van der Waals surface area (Å²) in [6.45, 7) is 4.57.